The Balaban J connectivity index is 1.71. The van der Waals surface area contributed by atoms with Crippen LogP contribution in [0.5, 0.6) is 0 Å². The second-order valence-corrected chi connectivity index (χ2v) is 9.17. The largest absolute Gasteiger partial charge is 0.338 e. The second kappa shape index (κ2) is 8.26. The molecule has 0 spiro atoms. The first-order valence-electron chi connectivity index (χ1n) is 9.16. The Kier molecular flexibility index (Phi) is 6.03. The number of piperidine rings is 1. The molecule has 142 valence electrons. The van der Waals surface area contributed by atoms with Gasteiger partial charge in [0.2, 0.25) is 15.9 Å². The van der Waals surface area contributed by atoms with Crippen molar-refractivity contribution in [2.24, 2.45) is 5.92 Å². The van der Waals surface area contributed by atoms with Crippen LogP contribution in [-0.2, 0) is 22.9 Å². The molecule has 1 unspecified atom stereocenters. The summed E-state index contributed by atoms with van der Waals surface area (Å²) in [5.74, 6) is 1.26. The molecule has 2 aromatic heterocycles. The van der Waals surface area contributed by atoms with E-state index in [2.05, 4.69) is 15.1 Å². The molecule has 0 radical (unpaired) electrons. The summed E-state index contributed by atoms with van der Waals surface area (Å²) in [7, 11) is -3.33. The molecule has 0 N–H and O–H groups in total. The molecule has 3 heterocycles. The van der Waals surface area contributed by atoms with E-state index < -0.39 is 10.0 Å². The van der Waals surface area contributed by atoms with E-state index in [4.69, 9.17) is 4.52 Å². The molecule has 0 amide bonds. The van der Waals surface area contributed by atoms with E-state index in [9.17, 15) is 8.42 Å². The average Bonchev–Trinajstić information content (AvgIpc) is 3.09. The zero-order valence-electron chi connectivity index (χ0n) is 15.3. The number of sulfonamides is 1. The molecule has 26 heavy (non-hydrogen) atoms. The maximum absolute atomic E-state index is 12.7. The number of hydrogen-bond acceptors (Lipinski definition) is 6. The van der Waals surface area contributed by atoms with Crippen LogP contribution in [0.1, 0.15) is 56.4 Å². The van der Waals surface area contributed by atoms with Crippen molar-refractivity contribution in [3.63, 3.8) is 0 Å². The quantitative estimate of drug-likeness (QED) is 0.736. The molecule has 1 atom stereocenters. The minimum atomic E-state index is -3.33. The summed E-state index contributed by atoms with van der Waals surface area (Å²) < 4.78 is 32.5. The van der Waals surface area contributed by atoms with Crippen molar-refractivity contribution in [1.29, 1.82) is 0 Å². The van der Waals surface area contributed by atoms with Crippen LogP contribution in [0.15, 0.2) is 29.0 Å². The highest BCUT2D eigenvalue weighted by atomic mass is 32.2. The monoisotopic (exact) mass is 378 g/mol. The van der Waals surface area contributed by atoms with Crippen molar-refractivity contribution < 1.29 is 12.9 Å². The van der Waals surface area contributed by atoms with Gasteiger partial charge in [-0.25, -0.2) is 8.42 Å². The first-order chi connectivity index (χ1) is 12.5. The van der Waals surface area contributed by atoms with Crippen LogP contribution >= 0.6 is 0 Å². The summed E-state index contributed by atoms with van der Waals surface area (Å²) in [6.07, 6.45) is 7.53. The molecule has 0 bridgehead atoms. The van der Waals surface area contributed by atoms with Crippen LogP contribution in [0, 0.1) is 5.92 Å². The SMILES string of the molecule is CC(C)CS(=O)(=O)N1CCCCC1c1nc(CCc2ccncc2)no1. The molecule has 1 aliphatic heterocycles. The summed E-state index contributed by atoms with van der Waals surface area (Å²) in [5.41, 5.74) is 1.16. The molecule has 0 aliphatic carbocycles. The normalized spacial score (nSPS) is 19.1. The lowest BCUT2D eigenvalue weighted by Gasteiger charge is -2.32. The number of aromatic nitrogens is 3. The van der Waals surface area contributed by atoms with Gasteiger partial charge < -0.3 is 4.52 Å². The van der Waals surface area contributed by atoms with Gasteiger partial charge in [-0.15, -0.1) is 0 Å². The lowest BCUT2D eigenvalue weighted by Crippen LogP contribution is -2.40. The van der Waals surface area contributed by atoms with Crippen LogP contribution < -0.4 is 0 Å². The van der Waals surface area contributed by atoms with Crippen LogP contribution in [-0.4, -0.2) is 40.1 Å². The predicted molar refractivity (Wildman–Crippen MR) is 97.9 cm³/mol. The van der Waals surface area contributed by atoms with Crippen molar-refractivity contribution in [3.05, 3.63) is 41.8 Å². The van der Waals surface area contributed by atoms with E-state index in [0.29, 0.717) is 24.7 Å². The van der Waals surface area contributed by atoms with Gasteiger partial charge in [0, 0.05) is 25.4 Å². The van der Waals surface area contributed by atoms with Gasteiger partial charge in [0.15, 0.2) is 5.82 Å². The Morgan fingerprint density at radius 3 is 2.73 bits per heavy atom. The number of aryl methyl sites for hydroxylation is 2. The third-order valence-corrected chi connectivity index (χ3v) is 6.75. The molecule has 1 aliphatic rings. The molecule has 1 fully saturated rings. The molecular weight excluding hydrogens is 352 g/mol. The van der Waals surface area contributed by atoms with Crippen molar-refractivity contribution >= 4 is 10.0 Å². The summed E-state index contributed by atoms with van der Waals surface area (Å²) in [5, 5.41) is 4.06. The highest BCUT2D eigenvalue weighted by Crippen LogP contribution is 2.33. The molecule has 1 saturated heterocycles. The molecule has 7 nitrogen and oxygen atoms in total. The molecule has 0 saturated carbocycles. The second-order valence-electron chi connectivity index (χ2n) is 7.20. The minimum Gasteiger partial charge on any atom is -0.338 e. The fourth-order valence-corrected chi connectivity index (χ4v) is 5.34. The van der Waals surface area contributed by atoms with Gasteiger partial charge in [-0.1, -0.05) is 25.4 Å². The summed E-state index contributed by atoms with van der Waals surface area (Å²) in [6.45, 7) is 4.36. The van der Waals surface area contributed by atoms with E-state index in [1.807, 2.05) is 26.0 Å². The summed E-state index contributed by atoms with van der Waals surface area (Å²) in [6, 6.07) is 3.58. The molecular formula is C18H26N4O3S. The van der Waals surface area contributed by atoms with Crippen LogP contribution in [0.4, 0.5) is 0 Å². The van der Waals surface area contributed by atoms with Gasteiger partial charge in [-0.3, -0.25) is 4.98 Å². The van der Waals surface area contributed by atoms with Gasteiger partial charge in [0.05, 0.1) is 5.75 Å². The lowest BCUT2D eigenvalue weighted by atomic mass is 10.1. The van der Waals surface area contributed by atoms with E-state index >= 15 is 0 Å². The van der Waals surface area contributed by atoms with Crippen molar-refractivity contribution in [3.8, 4) is 0 Å². The number of hydrogen-bond donors (Lipinski definition) is 0. The van der Waals surface area contributed by atoms with Crippen molar-refractivity contribution in [2.45, 2.75) is 52.0 Å². The zero-order valence-corrected chi connectivity index (χ0v) is 16.2. The molecule has 0 aromatic carbocycles. The smallest absolute Gasteiger partial charge is 0.245 e. The standard InChI is InChI=1S/C18H26N4O3S/c1-14(2)13-26(23,24)22-12-4-3-5-16(22)18-20-17(21-25-18)7-6-15-8-10-19-11-9-15/h8-11,14,16H,3-7,12-13H2,1-2H3. The van der Waals surface area contributed by atoms with Gasteiger partial charge in [-0.05, 0) is 42.9 Å². The van der Waals surface area contributed by atoms with Crippen molar-refractivity contribution in [2.75, 3.05) is 12.3 Å². The number of pyridine rings is 1. The molecule has 8 heteroatoms. The van der Waals surface area contributed by atoms with E-state index in [1.165, 1.54) is 0 Å². The Morgan fingerprint density at radius 2 is 2.00 bits per heavy atom. The molecule has 2 aromatic rings. The molecule has 3 rings (SSSR count). The predicted octanol–water partition coefficient (Wildman–Crippen LogP) is 2.76. The number of rotatable bonds is 7. The topological polar surface area (TPSA) is 89.2 Å². The summed E-state index contributed by atoms with van der Waals surface area (Å²) >= 11 is 0. The average molecular weight is 378 g/mol. The van der Waals surface area contributed by atoms with Gasteiger partial charge in [-0.2, -0.15) is 9.29 Å². The maximum Gasteiger partial charge on any atom is 0.245 e. The Labute approximate surface area is 154 Å². The highest BCUT2D eigenvalue weighted by molar-refractivity contribution is 7.89. The fraction of sp³-hybridized carbons (Fsp3) is 0.611. The van der Waals surface area contributed by atoms with E-state index in [-0.39, 0.29) is 17.7 Å². The van der Waals surface area contributed by atoms with Crippen LogP contribution in [0.25, 0.3) is 0 Å². The fourth-order valence-electron chi connectivity index (χ4n) is 3.31. The van der Waals surface area contributed by atoms with Gasteiger partial charge >= 0.3 is 0 Å². The van der Waals surface area contributed by atoms with E-state index in [1.54, 1.807) is 16.7 Å². The third-order valence-electron chi connectivity index (χ3n) is 4.51. The van der Waals surface area contributed by atoms with Crippen molar-refractivity contribution in [1.82, 2.24) is 19.4 Å². The third kappa shape index (κ3) is 4.67. The first-order valence-corrected chi connectivity index (χ1v) is 10.8. The van der Waals surface area contributed by atoms with Gasteiger partial charge in [0.25, 0.3) is 0 Å². The maximum atomic E-state index is 12.7. The Bertz CT molecular complexity index is 805. The van der Waals surface area contributed by atoms with Gasteiger partial charge in [0.1, 0.15) is 6.04 Å². The van der Waals surface area contributed by atoms with Crippen LogP contribution in [0.2, 0.25) is 0 Å². The zero-order chi connectivity index (χ0) is 18.6. The summed E-state index contributed by atoms with van der Waals surface area (Å²) in [4.78, 5) is 8.50. The van der Waals surface area contributed by atoms with E-state index in [0.717, 1.165) is 31.2 Å². The first kappa shape index (κ1) is 19.0. The number of nitrogens with zero attached hydrogens (tertiary/aromatic N) is 4. The Morgan fingerprint density at radius 1 is 1.23 bits per heavy atom. The highest BCUT2D eigenvalue weighted by Gasteiger charge is 2.36. The minimum absolute atomic E-state index is 0.0844. The van der Waals surface area contributed by atoms with Crippen LogP contribution in [0.3, 0.4) is 0 Å². The lowest BCUT2D eigenvalue weighted by molar-refractivity contribution is 0.204. The Hall–Kier alpha value is -1.80.